The zero-order valence-corrected chi connectivity index (χ0v) is 24.5. The van der Waals surface area contributed by atoms with Crippen LogP contribution in [0.1, 0.15) is 29.5 Å². The largest absolute Gasteiger partial charge is 0.508 e. The number of aromatic hydroxyl groups is 1. The number of non-ortho nitro benzene ring substituents is 1. The summed E-state index contributed by atoms with van der Waals surface area (Å²) in [5.41, 5.74) is 13.7. The summed E-state index contributed by atoms with van der Waals surface area (Å²) in [6.07, 6.45) is 1.25. The van der Waals surface area contributed by atoms with Crippen LogP contribution in [0.4, 0.5) is 5.69 Å². The van der Waals surface area contributed by atoms with Crippen molar-refractivity contribution in [2.45, 2.75) is 56.3 Å². The molecule has 13 nitrogen and oxygen atoms in total. The van der Waals surface area contributed by atoms with E-state index in [0.717, 1.165) is 11.1 Å². The fourth-order valence-electron chi connectivity index (χ4n) is 5.30. The van der Waals surface area contributed by atoms with Crippen molar-refractivity contribution in [1.29, 1.82) is 0 Å². The van der Waals surface area contributed by atoms with Crippen LogP contribution < -0.4 is 22.1 Å². The third kappa shape index (κ3) is 8.86. The number of amides is 4. The van der Waals surface area contributed by atoms with Crippen LogP contribution in [0.2, 0.25) is 0 Å². The number of benzene rings is 3. The Labute approximate surface area is 259 Å². The van der Waals surface area contributed by atoms with Gasteiger partial charge in [0.15, 0.2) is 0 Å². The van der Waals surface area contributed by atoms with Crippen LogP contribution in [0.15, 0.2) is 78.9 Å². The van der Waals surface area contributed by atoms with E-state index in [-0.39, 0.29) is 30.7 Å². The van der Waals surface area contributed by atoms with Gasteiger partial charge < -0.3 is 32.1 Å². The number of nitro benzene ring substituents is 1. The minimum atomic E-state index is -1.16. The number of carbonyl (C=O) groups is 4. The normalized spacial score (nSPS) is 16.3. The smallest absolute Gasteiger partial charge is 0.269 e. The molecule has 1 saturated heterocycles. The van der Waals surface area contributed by atoms with Crippen molar-refractivity contribution in [2.24, 2.45) is 11.5 Å². The van der Waals surface area contributed by atoms with Gasteiger partial charge in [0.2, 0.25) is 23.6 Å². The Balaban J connectivity index is 1.47. The molecule has 4 amide bonds. The van der Waals surface area contributed by atoms with Gasteiger partial charge in [-0.15, -0.1) is 0 Å². The van der Waals surface area contributed by atoms with Crippen LogP contribution in [0.3, 0.4) is 0 Å². The number of nitro groups is 1. The van der Waals surface area contributed by atoms with Crippen LogP contribution in [0, 0.1) is 10.1 Å². The molecule has 0 aliphatic carbocycles. The predicted octanol–water partition coefficient (Wildman–Crippen LogP) is 1.10. The van der Waals surface area contributed by atoms with Crippen LogP contribution in [0.25, 0.3) is 0 Å². The van der Waals surface area contributed by atoms with Gasteiger partial charge in [-0.05, 0) is 48.1 Å². The minimum Gasteiger partial charge on any atom is -0.508 e. The molecule has 0 spiro atoms. The highest BCUT2D eigenvalue weighted by molar-refractivity contribution is 5.95. The van der Waals surface area contributed by atoms with Crippen LogP contribution in [-0.4, -0.2) is 69.3 Å². The summed E-state index contributed by atoms with van der Waals surface area (Å²) in [4.78, 5) is 64.6. The monoisotopic (exact) mass is 616 g/mol. The van der Waals surface area contributed by atoms with E-state index in [4.69, 9.17) is 11.5 Å². The summed E-state index contributed by atoms with van der Waals surface area (Å²) in [7, 11) is 0. The summed E-state index contributed by atoms with van der Waals surface area (Å²) in [5.74, 6) is -2.31. The van der Waals surface area contributed by atoms with Crippen molar-refractivity contribution in [3.63, 3.8) is 0 Å². The van der Waals surface area contributed by atoms with E-state index in [1.54, 1.807) is 36.4 Å². The lowest BCUT2D eigenvalue weighted by Gasteiger charge is -2.29. The Morgan fingerprint density at radius 3 is 2.07 bits per heavy atom. The molecule has 236 valence electrons. The van der Waals surface area contributed by atoms with Crippen LogP contribution >= 0.6 is 0 Å². The van der Waals surface area contributed by atoms with Crippen LogP contribution in [0.5, 0.6) is 5.75 Å². The quantitative estimate of drug-likeness (QED) is 0.138. The number of rotatable bonds is 13. The molecule has 7 N–H and O–H groups in total. The second-order valence-corrected chi connectivity index (χ2v) is 11.0. The van der Waals surface area contributed by atoms with Gasteiger partial charge in [-0.25, -0.2) is 0 Å². The molecular formula is C32H36N6O7. The first-order valence-corrected chi connectivity index (χ1v) is 14.5. The highest BCUT2D eigenvalue weighted by Crippen LogP contribution is 2.20. The SMILES string of the molecule is NC(=O)[C@H](Cc1ccc([N+](=O)[O-])cc1)NC(=O)[C@H](Cc1ccccc1)NC(=O)[C@@H]1CCCN1C(=O)[C@@H](N)Cc1ccc(O)cc1. The average Bonchev–Trinajstić information content (AvgIpc) is 3.52. The average molecular weight is 617 g/mol. The number of nitrogens with zero attached hydrogens (tertiary/aromatic N) is 2. The van der Waals surface area contributed by atoms with Crippen molar-refractivity contribution < 1.29 is 29.2 Å². The first kappa shape index (κ1) is 32.6. The molecule has 1 aliphatic rings. The van der Waals surface area contributed by atoms with Crippen molar-refractivity contribution in [1.82, 2.24) is 15.5 Å². The van der Waals surface area contributed by atoms with Crippen molar-refractivity contribution in [2.75, 3.05) is 6.54 Å². The first-order valence-electron chi connectivity index (χ1n) is 14.5. The molecule has 3 aromatic rings. The molecule has 1 heterocycles. The Kier molecular flexibility index (Phi) is 10.8. The third-order valence-corrected chi connectivity index (χ3v) is 7.71. The number of hydrogen-bond donors (Lipinski definition) is 5. The van der Waals surface area contributed by atoms with Gasteiger partial charge in [0, 0.05) is 31.5 Å². The van der Waals surface area contributed by atoms with Gasteiger partial charge in [-0.3, -0.25) is 29.3 Å². The molecule has 4 rings (SSSR count). The first-order chi connectivity index (χ1) is 21.5. The standard InChI is InChI=1S/C32H36N6O7/c33-25(17-21-10-14-24(39)15-11-21)32(43)37-16-4-7-28(37)31(42)36-27(19-20-5-2-1-3-6-20)30(41)35-26(29(34)40)18-22-8-12-23(13-9-22)38(44)45/h1-3,5-6,8-15,25-28,39H,4,7,16-19,33H2,(H2,34,40)(H,35,41)(H,36,42)/t25-,26-,27-,28-/m0/s1. The lowest BCUT2D eigenvalue weighted by molar-refractivity contribution is -0.384. The number of nitrogens with two attached hydrogens (primary N) is 2. The van der Waals surface area contributed by atoms with Crippen molar-refractivity contribution in [3.8, 4) is 5.75 Å². The number of primary amides is 1. The fourth-order valence-corrected chi connectivity index (χ4v) is 5.30. The van der Waals surface area contributed by atoms with E-state index in [0.29, 0.717) is 24.9 Å². The molecule has 0 aromatic heterocycles. The number of likely N-dealkylation sites (tertiary alicyclic amines) is 1. The molecule has 4 atom stereocenters. The maximum atomic E-state index is 13.6. The second-order valence-electron chi connectivity index (χ2n) is 11.0. The van der Waals surface area contributed by atoms with E-state index < -0.39 is 52.7 Å². The predicted molar refractivity (Wildman–Crippen MR) is 165 cm³/mol. The topological polar surface area (TPSA) is 211 Å². The van der Waals surface area contributed by atoms with Crippen molar-refractivity contribution in [3.05, 3.63) is 106 Å². The zero-order chi connectivity index (χ0) is 32.5. The van der Waals surface area contributed by atoms with Crippen LogP contribution in [-0.2, 0) is 38.4 Å². The maximum absolute atomic E-state index is 13.6. The summed E-state index contributed by atoms with van der Waals surface area (Å²) in [6.45, 7) is 0.328. The zero-order valence-electron chi connectivity index (χ0n) is 24.5. The molecule has 0 unspecified atom stereocenters. The Bertz CT molecular complexity index is 1520. The van der Waals surface area contributed by atoms with E-state index in [2.05, 4.69) is 10.6 Å². The lowest BCUT2D eigenvalue weighted by Crippen LogP contribution is -2.58. The highest BCUT2D eigenvalue weighted by Gasteiger charge is 2.38. The fraction of sp³-hybridized carbons (Fsp3) is 0.312. The molecule has 13 heteroatoms. The molecule has 1 aliphatic heterocycles. The number of nitrogens with one attached hydrogen (secondary N) is 2. The number of hydrogen-bond acceptors (Lipinski definition) is 8. The van der Waals surface area contributed by atoms with Gasteiger partial charge in [0.05, 0.1) is 11.0 Å². The summed E-state index contributed by atoms with van der Waals surface area (Å²) in [6, 6.07) is 16.8. The van der Waals surface area contributed by atoms with Crippen molar-refractivity contribution >= 4 is 29.3 Å². The van der Waals surface area contributed by atoms with E-state index in [1.807, 2.05) is 6.07 Å². The molecule has 1 fully saturated rings. The number of phenols is 1. The van der Waals surface area contributed by atoms with Gasteiger partial charge in [0.1, 0.15) is 23.9 Å². The number of phenolic OH excluding ortho intramolecular Hbond substituents is 1. The molecule has 45 heavy (non-hydrogen) atoms. The Morgan fingerprint density at radius 1 is 0.867 bits per heavy atom. The van der Waals surface area contributed by atoms with Gasteiger partial charge >= 0.3 is 0 Å². The van der Waals surface area contributed by atoms with E-state index in [1.165, 1.54) is 41.3 Å². The Hall–Kier alpha value is -5.30. The van der Waals surface area contributed by atoms with Gasteiger partial charge in [-0.2, -0.15) is 0 Å². The lowest BCUT2D eigenvalue weighted by atomic mass is 10.0. The van der Waals surface area contributed by atoms with Gasteiger partial charge in [-0.1, -0.05) is 54.6 Å². The second kappa shape index (κ2) is 14.9. The molecular weight excluding hydrogens is 580 g/mol. The molecule has 0 radical (unpaired) electrons. The summed E-state index contributed by atoms with van der Waals surface area (Å²) >= 11 is 0. The minimum absolute atomic E-state index is 0.0190. The maximum Gasteiger partial charge on any atom is 0.269 e. The Morgan fingerprint density at radius 2 is 1.44 bits per heavy atom. The molecule has 0 bridgehead atoms. The van der Waals surface area contributed by atoms with E-state index >= 15 is 0 Å². The number of carbonyl (C=O) groups excluding carboxylic acids is 4. The van der Waals surface area contributed by atoms with Gasteiger partial charge in [0.25, 0.3) is 5.69 Å². The highest BCUT2D eigenvalue weighted by atomic mass is 16.6. The molecule has 0 saturated carbocycles. The summed E-state index contributed by atoms with van der Waals surface area (Å²) < 4.78 is 0. The summed E-state index contributed by atoms with van der Waals surface area (Å²) in [5, 5.41) is 25.9. The van der Waals surface area contributed by atoms with E-state index in [9.17, 15) is 34.4 Å². The molecule has 3 aromatic carbocycles. The third-order valence-electron chi connectivity index (χ3n) is 7.71.